The summed E-state index contributed by atoms with van der Waals surface area (Å²) in [4.78, 5) is 10.5. The average molecular weight is 439 g/mol. The maximum Gasteiger partial charge on any atom is 0.251 e. The summed E-state index contributed by atoms with van der Waals surface area (Å²) >= 11 is 0. The van der Waals surface area contributed by atoms with Crippen LogP contribution in [-0.2, 0) is 7.05 Å². The van der Waals surface area contributed by atoms with E-state index in [2.05, 4.69) is 25.1 Å². The monoisotopic (exact) mass is 439 g/mol. The zero-order valence-corrected chi connectivity index (χ0v) is 17.8. The highest BCUT2D eigenvalue weighted by molar-refractivity contribution is 5.60. The Balaban J connectivity index is 1.20. The van der Waals surface area contributed by atoms with Crippen LogP contribution in [0.15, 0.2) is 41.9 Å². The van der Waals surface area contributed by atoms with Crippen LogP contribution < -0.4 is 4.74 Å². The lowest BCUT2D eigenvalue weighted by molar-refractivity contribution is -0.0253. The molecule has 2 aliphatic heterocycles. The number of hydrogen-bond donors (Lipinski definition) is 0. The summed E-state index contributed by atoms with van der Waals surface area (Å²) < 4.78 is 35.5. The molecule has 1 saturated heterocycles. The van der Waals surface area contributed by atoms with Gasteiger partial charge in [-0.1, -0.05) is 0 Å². The molecule has 0 saturated carbocycles. The summed E-state index contributed by atoms with van der Waals surface area (Å²) in [5.74, 6) is -0.852. The molecule has 3 aromatic rings. The molecule has 10 heteroatoms. The van der Waals surface area contributed by atoms with Crippen LogP contribution in [0.2, 0.25) is 0 Å². The summed E-state index contributed by atoms with van der Waals surface area (Å²) in [5.41, 5.74) is 3.20. The molecular weight excluding hydrogens is 416 g/mol. The predicted molar refractivity (Wildman–Crippen MR) is 114 cm³/mol. The van der Waals surface area contributed by atoms with Gasteiger partial charge in [0.2, 0.25) is 0 Å². The molecule has 8 nitrogen and oxygen atoms in total. The maximum atomic E-state index is 14.3. The van der Waals surface area contributed by atoms with Gasteiger partial charge in [-0.2, -0.15) is 10.2 Å². The van der Waals surface area contributed by atoms with Crippen molar-refractivity contribution in [2.24, 2.45) is 12.1 Å². The molecule has 1 fully saturated rings. The van der Waals surface area contributed by atoms with Crippen molar-refractivity contribution in [1.82, 2.24) is 29.7 Å². The fourth-order valence-corrected chi connectivity index (χ4v) is 4.14. The van der Waals surface area contributed by atoms with Gasteiger partial charge in [0.25, 0.3) is 5.88 Å². The first kappa shape index (κ1) is 20.5. The molecule has 5 rings (SSSR count). The van der Waals surface area contributed by atoms with Crippen LogP contribution in [0.5, 0.6) is 5.88 Å². The van der Waals surface area contributed by atoms with Crippen LogP contribution in [0.1, 0.15) is 23.6 Å². The van der Waals surface area contributed by atoms with Gasteiger partial charge in [-0.05, 0) is 36.2 Å². The molecular formula is C22H23F2N7O. The van der Waals surface area contributed by atoms with E-state index in [-0.39, 0.29) is 23.8 Å². The second kappa shape index (κ2) is 8.27. The molecule has 0 bridgehead atoms. The van der Waals surface area contributed by atoms with Gasteiger partial charge in [-0.15, -0.1) is 0 Å². The number of aryl methyl sites for hydroxylation is 2. The molecule has 5 heterocycles. The third-order valence-electron chi connectivity index (χ3n) is 5.75. The summed E-state index contributed by atoms with van der Waals surface area (Å²) in [6.45, 7) is 3.75. The standard InChI is InChI=1S/C22H23F2N7O/c1-14-8-27-29(2)21(14)19-4-3-18(24)22(28-19)32-17-11-30(12-17)13-31-20(5-6-26-31)15-7-16(23)10-25-9-15/h3-4,6-10,17,20H,5,11-13H2,1-2H3/t20-/m0/s1. The van der Waals surface area contributed by atoms with Crippen LogP contribution in [0, 0.1) is 18.6 Å². The summed E-state index contributed by atoms with van der Waals surface area (Å²) in [6.07, 6.45) is 6.98. The first-order valence-electron chi connectivity index (χ1n) is 10.4. The smallest absolute Gasteiger partial charge is 0.251 e. The first-order chi connectivity index (χ1) is 15.5. The molecule has 0 unspecified atom stereocenters. The van der Waals surface area contributed by atoms with Crippen LogP contribution in [0.3, 0.4) is 0 Å². The van der Waals surface area contributed by atoms with Gasteiger partial charge in [-0.25, -0.2) is 13.8 Å². The van der Waals surface area contributed by atoms with Gasteiger partial charge >= 0.3 is 0 Å². The lowest BCUT2D eigenvalue weighted by Gasteiger charge is -2.41. The SMILES string of the molecule is Cc1cnn(C)c1-c1ccc(F)c(OC2CN(CN3N=CC[C@H]3c3cncc(F)c3)C2)n1. The Labute approximate surface area is 184 Å². The number of nitrogens with zero attached hydrogens (tertiary/aromatic N) is 7. The van der Waals surface area contributed by atoms with Crippen molar-refractivity contribution in [3.05, 3.63) is 59.6 Å². The Kier molecular flexibility index (Phi) is 5.30. The fraction of sp³-hybridized carbons (Fsp3) is 0.364. The molecule has 0 aromatic carbocycles. The zero-order chi connectivity index (χ0) is 22.2. The predicted octanol–water partition coefficient (Wildman–Crippen LogP) is 2.92. The molecule has 1 atom stereocenters. The van der Waals surface area contributed by atoms with Crippen molar-refractivity contribution in [3.8, 4) is 17.3 Å². The number of rotatable bonds is 6. The highest BCUT2D eigenvalue weighted by Crippen LogP contribution is 2.30. The normalized spacial score (nSPS) is 18.9. The van der Waals surface area contributed by atoms with Gasteiger partial charge in [-0.3, -0.25) is 19.6 Å². The molecule has 3 aromatic heterocycles. The van der Waals surface area contributed by atoms with E-state index in [0.29, 0.717) is 31.9 Å². The first-order valence-corrected chi connectivity index (χ1v) is 10.4. The van der Waals surface area contributed by atoms with Gasteiger partial charge in [0.05, 0.1) is 36.5 Å². The molecule has 0 N–H and O–H groups in total. The highest BCUT2D eigenvalue weighted by atomic mass is 19.1. The van der Waals surface area contributed by atoms with Gasteiger partial charge in [0.1, 0.15) is 11.9 Å². The number of hydrogen-bond acceptors (Lipinski definition) is 7. The zero-order valence-electron chi connectivity index (χ0n) is 17.8. The second-order valence-corrected chi connectivity index (χ2v) is 8.13. The summed E-state index contributed by atoms with van der Waals surface area (Å²) in [5, 5.41) is 10.6. The van der Waals surface area contributed by atoms with Crippen molar-refractivity contribution in [3.63, 3.8) is 0 Å². The number of halogens is 2. The van der Waals surface area contributed by atoms with E-state index in [1.54, 1.807) is 23.1 Å². The van der Waals surface area contributed by atoms with Gasteiger partial charge in [0, 0.05) is 39.0 Å². The second-order valence-electron chi connectivity index (χ2n) is 8.13. The van der Waals surface area contributed by atoms with Crippen LogP contribution in [0.25, 0.3) is 11.4 Å². The molecule has 0 radical (unpaired) electrons. The lowest BCUT2D eigenvalue weighted by atomic mass is 10.1. The number of hydrazone groups is 1. The number of aromatic nitrogens is 4. The van der Waals surface area contributed by atoms with Crippen molar-refractivity contribution in [1.29, 1.82) is 0 Å². The number of likely N-dealkylation sites (tertiary alicyclic amines) is 1. The molecule has 0 amide bonds. The van der Waals surface area contributed by atoms with E-state index >= 15 is 0 Å². The molecule has 0 spiro atoms. The quantitative estimate of drug-likeness (QED) is 0.588. The average Bonchev–Trinajstić information content (AvgIpc) is 3.34. The van der Waals surface area contributed by atoms with E-state index in [9.17, 15) is 8.78 Å². The van der Waals surface area contributed by atoms with Crippen molar-refractivity contribution >= 4 is 6.21 Å². The minimum absolute atomic E-state index is 0.00402. The molecule has 0 aliphatic carbocycles. The van der Waals surface area contributed by atoms with Crippen molar-refractivity contribution in [2.45, 2.75) is 25.5 Å². The third kappa shape index (κ3) is 3.93. The Bertz CT molecular complexity index is 1140. The van der Waals surface area contributed by atoms with Crippen LogP contribution >= 0.6 is 0 Å². The maximum absolute atomic E-state index is 14.3. The van der Waals surface area contributed by atoms with Gasteiger partial charge < -0.3 is 4.74 Å². The fourth-order valence-electron chi connectivity index (χ4n) is 4.14. The van der Waals surface area contributed by atoms with Crippen LogP contribution in [-0.4, -0.2) is 61.7 Å². The summed E-state index contributed by atoms with van der Waals surface area (Å²) in [7, 11) is 1.83. The van der Waals surface area contributed by atoms with Crippen molar-refractivity contribution in [2.75, 3.05) is 19.8 Å². The largest absolute Gasteiger partial charge is 0.470 e. The number of pyridine rings is 2. The van der Waals surface area contributed by atoms with Crippen molar-refractivity contribution < 1.29 is 13.5 Å². The Morgan fingerprint density at radius 1 is 1.16 bits per heavy atom. The molecule has 166 valence electrons. The lowest BCUT2D eigenvalue weighted by Crippen LogP contribution is -2.56. The van der Waals surface area contributed by atoms with E-state index < -0.39 is 5.82 Å². The van der Waals surface area contributed by atoms with E-state index in [0.717, 1.165) is 16.8 Å². The molecule has 32 heavy (non-hydrogen) atoms. The van der Waals surface area contributed by atoms with E-state index in [1.165, 1.54) is 18.3 Å². The summed E-state index contributed by atoms with van der Waals surface area (Å²) in [6, 6.07) is 4.45. The third-order valence-corrected chi connectivity index (χ3v) is 5.75. The minimum atomic E-state index is -0.491. The highest BCUT2D eigenvalue weighted by Gasteiger charge is 2.33. The number of ether oxygens (including phenoxy) is 1. The van der Waals surface area contributed by atoms with E-state index in [1.807, 2.05) is 25.2 Å². The Hall–Kier alpha value is -3.40. The minimum Gasteiger partial charge on any atom is -0.470 e. The van der Waals surface area contributed by atoms with E-state index in [4.69, 9.17) is 4.74 Å². The van der Waals surface area contributed by atoms with Gasteiger partial charge in [0.15, 0.2) is 5.82 Å². The molecule has 2 aliphatic rings. The Morgan fingerprint density at radius 2 is 2.00 bits per heavy atom. The topological polar surface area (TPSA) is 71.7 Å². The Morgan fingerprint density at radius 3 is 2.75 bits per heavy atom. The van der Waals surface area contributed by atoms with Crippen LogP contribution in [0.4, 0.5) is 8.78 Å².